The van der Waals surface area contributed by atoms with E-state index in [1.807, 2.05) is 18.2 Å². The van der Waals surface area contributed by atoms with Crippen LogP contribution < -0.4 is 11.1 Å². The number of hydrogen-bond acceptors (Lipinski definition) is 2. The molecule has 1 rings (SSSR count). The van der Waals surface area contributed by atoms with Gasteiger partial charge in [0.1, 0.15) is 0 Å². The first kappa shape index (κ1) is 12.7. The highest BCUT2D eigenvalue weighted by atomic mass is 16.2. The number of amides is 1. The van der Waals surface area contributed by atoms with Gasteiger partial charge in [-0.25, -0.2) is 0 Å². The van der Waals surface area contributed by atoms with Gasteiger partial charge in [-0.3, -0.25) is 4.79 Å². The first-order valence-electron chi connectivity index (χ1n) is 5.77. The Hall–Kier alpha value is -1.35. The van der Waals surface area contributed by atoms with Crippen molar-refractivity contribution in [1.29, 1.82) is 0 Å². The van der Waals surface area contributed by atoms with Crippen LogP contribution in [-0.4, -0.2) is 11.9 Å². The van der Waals surface area contributed by atoms with Crippen LogP contribution in [0.15, 0.2) is 18.2 Å². The molecule has 88 valence electrons. The van der Waals surface area contributed by atoms with Crippen molar-refractivity contribution in [3.05, 3.63) is 29.3 Å². The monoisotopic (exact) mass is 220 g/mol. The fourth-order valence-electron chi connectivity index (χ4n) is 1.64. The summed E-state index contributed by atoms with van der Waals surface area (Å²) in [5.74, 6) is -0.129. The lowest BCUT2D eigenvalue weighted by molar-refractivity contribution is -0.117. The molecule has 3 nitrogen and oxygen atoms in total. The zero-order valence-electron chi connectivity index (χ0n) is 10.2. The number of nitrogens with one attached hydrogen (secondary N) is 1. The van der Waals surface area contributed by atoms with E-state index in [1.165, 1.54) is 0 Å². The summed E-state index contributed by atoms with van der Waals surface area (Å²) in [5.41, 5.74) is 8.82. The molecular formula is C13H20N2O. The van der Waals surface area contributed by atoms with Gasteiger partial charge in [0, 0.05) is 5.69 Å². The van der Waals surface area contributed by atoms with Crippen molar-refractivity contribution in [2.45, 2.75) is 39.7 Å². The molecule has 0 aromatic heterocycles. The zero-order valence-corrected chi connectivity index (χ0v) is 10.2. The Labute approximate surface area is 97.0 Å². The predicted octanol–water partition coefficient (Wildman–Crippen LogP) is 2.10. The Bertz CT molecular complexity index is 350. The summed E-state index contributed by atoms with van der Waals surface area (Å²) in [4.78, 5) is 11.6. The lowest BCUT2D eigenvalue weighted by atomic mass is 10.0. The lowest BCUT2D eigenvalue weighted by Gasteiger charge is -2.15. The second-order valence-corrected chi connectivity index (χ2v) is 3.94. The van der Waals surface area contributed by atoms with Crippen LogP contribution in [0.4, 0.5) is 5.69 Å². The number of anilines is 1. The number of carbonyl (C=O) groups is 1. The minimum atomic E-state index is -0.477. The summed E-state index contributed by atoms with van der Waals surface area (Å²) >= 11 is 0. The largest absolute Gasteiger partial charge is 0.324 e. The molecule has 16 heavy (non-hydrogen) atoms. The topological polar surface area (TPSA) is 55.1 Å². The Balaban J connectivity index is 3.04. The summed E-state index contributed by atoms with van der Waals surface area (Å²) in [6.45, 7) is 5.85. The molecule has 0 radical (unpaired) electrons. The van der Waals surface area contributed by atoms with Crippen molar-refractivity contribution in [3.8, 4) is 0 Å². The van der Waals surface area contributed by atoms with Crippen LogP contribution in [0, 0.1) is 0 Å². The minimum absolute atomic E-state index is 0.129. The van der Waals surface area contributed by atoms with Crippen LogP contribution in [0.2, 0.25) is 0 Å². The summed E-state index contributed by atoms with van der Waals surface area (Å²) in [5, 5.41) is 2.92. The van der Waals surface area contributed by atoms with E-state index in [9.17, 15) is 4.79 Å². The molecule has 1 aromatic carbocycles. The first-order valence-corrected chi connectivity index (χ1v) is 5.77. The standard InChI is InChI=1S/C13H20N2O/c1-4-10-7-6-8-11(5-2)12(10)15-13(16)9(3)14/h6-9H,4-5,14H2,1-3H3,(H,15,16)/t9-/m0/s1. The highest BCUT2D eigenvalue weighted by molar-refractivity contribution is 5.95. The molecule has 0 aliphatic carbocycles. The van der Waals surface area contributed by atoms with Gasteiger partial charge in [0.2, 0.25) is 5.91 Å². The van der Waals surface area contributed by atoms with Gasteiger partial charge < -0.3 is 11.1 Å². The zero-order chi connectivity index (χ0) is 12.1. The van der Waals surface area contributed by atoms with Crippen LogP contribution in [0.5, 0.6) is 0 Å². The van der Waals surface area contributed by atoms with E-state index in [0.717, 1.165) is 29.7 Å². The third-order valence-electron chi connectivity index (χ3n) is 2.66. The molecule has 3 heteroatoms. The third kappa shape index (κ3) is 2.83. The van der Waals surface area contributed by atoms with Crippen LogP contribution in [0.25, 0.3) is 0 Å². The Kier molecular flexibility index (Phi) is 4.50. The maximum absolute atomic E-state index is 11.6. The second kappa shape index (κ2) is 5.66. The van der Waals surface area contributed by atoms with Gasteiger partial charge >= 0.3 is 0 Å². The van der Waals surface area contributed by atoms with Crippen molar-refractivity contribution >= 4 is 11.6 Å². The second-order valence-electron chi connectivity index (χ2n) is 3.94. The van der Waals surface area contributed by atoms with Gasteiger partial charge in [0.05, 0.1) is 6.04 Å². The van der Waals surface area contributed by atoms with E-state index in [-0.39, 0.29) is 5.91 Å². The molecule has 0 fully saturated rings. The van der Waals surface area contributed by atoms with E-state index < -0.39 is 6.04 Å². The number of nitrogens with two attached hydrogens (primary N) is 1. The van der Waals surface area contributed by atoms with Crippen LogP contribution in [0.3, 0.4) is 0 Å². The molecule has 0 saturated heterocycles. The van der Waals surface area contributed by atoms with Crippen molar-refractivity contribution in [2.24, 2.45) is 5.73 Å². The van der Waals surface area contributed by atoms with Crippen LogP contribution in [0.1, 0.15) is 31.9 Å². The molecule has 0 aliphatic rings. The average molecular weight is 220 g/mol. The molecule has 0 aliphatic heterocycles. The van der Waals surface area contributed by atoms with Crippen molar-refractivity contribution in [2.75, 3.05) is 5.32 Å². The Morgan fingerprint density at radius 1 is 1.31 bits per heavy atom. The highest BCUT2D eigenvalue weighted by Crippen LogP contribution is 2.22. The molecule has 0 heterocycles. The molecule has 0 unspecified atom stereocenters. The quantitative estimate of drug-likeness (QED) is 0.816. The van der Waals surface area contributed by atoms with Crippen molar-refractivity contribution < 1.29 is 4.79 Å². The number of hydrogen-bond donors (Lipinski definition) is 2. The lowest BCUT2D eigenvalue weighted by Crippen LogP contribution is -2.33. The van der Waals surface area contributed by atoms with Gasteiger partial charge in [-0.1, -0.05) is 32.0 Å². The van der Waals surface area contributed by atoms with Crippen LogP contribution in [-0.2, 0) is 17.6 Å². The Morgan fingerprint density at radius 3 is 2.19 bits per heavy atom. The van der Waals surface area contributed by atoms with E-state index >= 15 is 0 Å². The number of rotatable bonds is 4. The van der Waals surface area contributed by atoms with E-state index in [2.05, 4.69) is 19.2 Å². The molecule has 0 saturated carbocycles. The van der Waals surface area contributed by atoms with E-state index in [0.29, 0.717) is 0 Å². The number of aryl methyl sites for hydroxylation is 2. The molecule has 1 amide bonds. The molecule has 1 atom stereocenters. The molecule has 3 N–H and O–H groups in total. The highest BCUT2D eigenvalue weighted by Gasteiger charge is 2.12. The smallest absolute Gasteiger partial charge is 0.241 e. The fraction of sp³-hybridized carbons (Fsp3) is 0.462. The summed E-state index contributed by atoms with van der Waals surface area (Å²) in [6, 6.07) is 5.63. The van der Waals surface area contributed by atoms with Crippen molar-refractivity contribution in [1.82, 2.24) is 0 Å². The minimum Gasteiger partial charge on any atom is -0.324 e. The predicted molar refractivity (Wildman–Crippen MR) is 67.5 cm³/mol. The van der Waals surface area contributed by atoms with Gasteiger partial charge in [0.25, 0.3) is 0 Å². The average Bonchev–Trinajstić information content (AvgIpc) is 2.29. The maximum Gasteiger partial charge on any atom is 0.241 e. The van der Waals surface area contributed by atoms with Gasteiger partial charge in [-0.15, -0.1) is 0 Å². The Morgan fingerprint density at radius 2 is 1.81 bits per heavy atom. The number of benzene rings is 1. The molecular weight excluding hydrogens is 200 g/mol. The number of carbonyl (C=O) groups excluding carboxylic acids is 1. The fourth-order valence-corrected chi connectivity index (χ4v) is 1.64. The number of para-hydroxylation sites is 1. The van der Waals surface area contributed by atoms with Gasteiger partial charge in [-0.2, -0.15) is 0 Å². The maximum atomic E-state index is 11.6. The van der Waals surface area contributed by atoms with Gasteiger partial charge in [0.15, 0.2) is 0 Å². The summed E-state index contributed by atoms with van der Waals surface area (Å²) < 4.78 is 0. The normalized spacial score (nSPS) is 12.2. The summed E-state index contributed by atoms with van der Waals surface area (Å²) in [6.07, 6.45) is 1.81. The molecule has 1 aromatic rings. The van der Waals surface area contributed by atoms with E-state index in [4.69, 9.17) is 5.73 Å². The van der Waals surface area contributed by atoms with Crippen LogP contribution >= 0.6 is 0 Å². The first-order chi connectivity index (χ1) is 7.60. The summed E-state index contributed by atoms with van der Waals surface area (Å²) in [7, 11) is 0. The van der Waals surface area contributed by atoms with Crippen molar-refractivity contribution in [3.63, 3.8) is 0 Å². The SMILES string of the molecule is CCc1cccc(CC)c1NC(=O)[C@H](C)N. The third-order valence-corrected chi connectivity index (χ3v) is 2.66. The molecule has 0 bridgehead atoms. The van der Waals surface area contributed by atoms with E-state index in [1.54, 1.807) is 6.92 Å². The molecule has 0 spiro atoms. The van der Waals surface area contributed by atoms with Gasteiger partial charge in [-0.05, 0) is 30.9 Å².